The van der Waals surface area contributed by atoms with Crippen LogP contribution in [0.25, 0.3) is 0 Å². The van der Waals surface area contributed by atoms with Crippen molar-refractivity contribution >= 4 is 5.84 Å². The zero-order valence-corrected chi connectivity index (χ0v) is 3.36. The third-order valence-electron chi connectivity index (χ3n) is 0.586. The molecule has 0 aromatic carbocycles. The first kappa shape index (κ1) is 3.46. The highest BCUT2D eigenvalue weighted by Crippen LogP contribution is 1.71. The van der Waals surface area contributed by atoms with Gasteiger partial charge in [0.05, 0.1) is 0 Å². The average Bonchev–Trinajstić information content (AvgIpc) is 1.86. The van der Waals surface area contributed by atoms with Gasteiger partial charge in [0, 0.05) is 6.92 Å². The second kappa shape index (κ2) is 1.16. The van der Waals surface area contributed by atoms with Gasteiger partial charge in [0.25, 0.3) is 0 Å². The van der Waals surface area contributed by atoms with E-state index in [1.165, 1.54) is 0 Å². The summed E-state index contributed by atoms with van der Waals surface area (Å²) in [6, 6.07) is 0. The van der Waals surface area contributed by atoms with Crippen molar-refractivity contribution in [2.75, 3.05) is 6.67 Å². The van der Waals surface area contributed by atoms with Crippen LogP contribution in [0.5, 0.6) is 0 Å². The van der Waals surface area contributed by atoms with Crippen LogP contribution in [-0.4, -0.2) is 12.5 Å². The van der Waals surface area contributed by atoms with Gasteiger partial charge in [-0.05, 0) is 0 Å². The fraction of sp³-hybridized carbons (Fsp3) is 0.333. The molecule has 0 aromatic heterocycles. The molecule has 0 bridgehead atoms. The van der Waals surface area contributed by atoms with Gasteiger partial charge in [-0.25, -0.2) is 0 Å². The molecule has 1 aliphatic heterocycles. The van der Waals surface area contributed by atoms with Gasteiger partial charge >= 0.3 is 0 Å². The van der Waals surface area contributed by atoms with E-state index >= 15 is 0 Å². The number of nitrogens with one attached hydrogen (secondary N) is 2. The van der Waals surface area contributed by atoms with E-state index < -0.39 is 0 Å². The molecule has 0 saturated carbocycles. The highest BCUT2D eigenvalue weighted by molar-refractivity contribution is 5.86. The molecule has 0 aromatic rings. The highest BCUT2D eigenvalue weighted by atomic mass is 15.4. The summed E-state index contributed by atoms with van der Waals surface area (Å²) in [5, 5.41) is 6.53. The fourth-order valence-electron chi connectivity index (χ4n) is 0.316. The first-order valence-corrected chi connectivity index (χ1v) is 1.76. The largest absolute Gasteiger partial charge is 0.354 e. The van der Waals surface area contributed by atoms with Crippen molar-refractivity contribution < 1.29 is 0 Å². The normalized spacial score (nSPS) is 18.5. The Balaban J connectivity index is 2.45. The summed E-state index contributed by atoms with van der Waals surface area (Å²) in [6.07, 6.45) is 0. The summed E-state index contributed by atoms with van der Waals surface area (Å²) >= 11 is 0. The Hall–Kier alpha value is -0.730. The molecule has 1 radical (unpaired) electrons. The lowest BCUT2D eigenvalue weighted by Crippen LogP contribution is -2.17. The molecule has 6 heavy (non-hydrogen) atoms. The first-order valence-electron chi connectivity index (χ1n) is 1.76. The third kappa shape index (κ3) is 0.429. The molecule has 0 fully saturated rings. The van der Waals surface area contributed by atoms with Crippen molar-refractivity contribution in [2.24, 2.45) is 5.10 Å². The average molecular weight is 84.1 g/mol. The molecular weight excluding hydrogens is 78.1 g/mol. The lowest BCUT2D eigenvalue weighted by molar-refractivity contribution is 0.773. The SMILES string of the molecule is [CH2]C1=NNCN1. The van der Waals surface area contributed by atoms with Crippen LogP contribution in [0.2, 0.25) is 0 Å². The Morgan fingerprint density at radius 2 is 2.67 bits per heavy atom. The molecule has 0 spiro atoms. The zero-order valence-electron chi connectivity index (χ0n) is 3.36. The summed E-state index contributed by atoms with van der Waals surface area (Å²) in [6.45, 7) is 4.23. The van der Waals surface area contributed by atoms with Crippen molar-refractivity contribution in [2.45, 2.75) is 0 Å². The van der Waals surface area contributed by atoms with Gasteiger partial charge in [0.1, 0.15) is 12.5 Å². The summed E-state index contributed by atoms with van der Waals surface area (Å²) < 4.78 is 0. The van der Waals surface area contributed by atoms with E-state index in [4.69, 9.17) is 0 Å². The summed E-state index contributed by atoms with van der Waals surface area (Å²) in [5.41, 5.74) is 2.69. The number of rotatable bonds is 0. The Morgan fingerprint density at radius 3 is 2.83 bits per heavy atom. The van der Waals surface area contributed by atoms with Gasteiger partial charge in [-0.1, -0.05) is 0 Å². The van der Waals surface area contributed by atoms with E-state index in [1.54, 1.807) is 0 Å². The molecule has 33 valence electrons. The Morgan fingerprint density at radius 1 is 1.83 bits per heavy atom. The smallest absolute Gasteiger partial charge is 0.124 e. The van der Waals surface area contributed by atoms with Crippen LogP contribution < -0.4 is 10.7 Å². The topological polar surface area (TPSA) is 36.4 Å². The zero-order chi connectivity index (χ0) is 4.41. The maximum atomic E-state index is 3.68. The number of hydrogen-bond donors (Lipinski definition) is 2. The van der Waals surface area contributed by atoms with Gasteiger partial charge in [-0.15, -0.1) is 0 Å². The molecular formula is C3H6N3. The van der Waals surface area contributed by atoms with Crippen LogP contribution in [0.3, 0.4) is 0 Å². The van der Waals surface area contributed by atoms with Crippen LogP contribution >= 0.6 is 0 Å². The fourth-order valence-corrected chi connectivity index (χ4v) is 0.316. The molecule has 3 nitrogen and oxygen atoms in total. The third-order valence-corrected chi connectivity index (χ3v) is 0.586. The maximum Gasteiger partial charge on any atom is 0.124 e. The molecule has 1 rings (SSSR count). The van der Waals surface area contributed by atoms with Crippen molar-refractivity contribution in [1.82, 2.24) is 10.7 Å². The van der Waals surface area contributed by atoms with Crippen molar-refractivity contribution in [1.29, 1.82) is 0 Å². The molecule has 0 unspecified atom stereocenters. The van der Waals surface area contributed by atoms with Crippen molar-refractivity contribution in [3.05, 3.63) is 6.92 Å². The van der Waals surface area contributed by atoms with Crippen molar-refractivity contribution in [3.8, 4) is 0 Å². The van der Waals surface area contributed by atoms with Crippen LogP contribution in [0.4, 0.5) is 0 Å². The summed E-state index contributed by atoms with van der Waals surface area (Å²) in [5.74, 6) is 0.718. The standard InChI is InChI=1S/C3H6N3/c1-3-4-2-5-6-3/h5H,1-2H2,(H,4,6). The van der Waals surface area contributed by atoms with Crippen LogP contribution in [0.1, 0.15) is 0 Å². The molecule has 0 saturated heterocycles. The molecule has 0 atom stereocenters. The van der Waals surface area contributed by atoms with Crippen LogP contribution in [0.15, 0.2) is 5.10 Å². The molecule has 0 amide bonds. The van der Waals surface area contributed by atoms with E-state index in [1.807, 2.05) is 0 Å². The predicted octanol–water partition coefficient (Wildman–Crippen LogP) is -0.716. The van der Waals surface area contributed by atoms with E-state index in [9.17, 15) is 0 Å². The van der Waals surface area contributed by atoms with Crippen molar-refractivity contribution in [3.63, 3.8) is 0 Å². The van der Waals surface area contributed by atoms with Crippen LogP contribution in [0, 0.1) is 6.92 Å². The van der Waals surface area contributed by atoms with Crippen LogP contribution in [-0.2, 0) is 0 Å². The van der Waals surface area contributed by atoms with Gasteiger partial charge in [-0.2, -0.15) is 5.10 Å². The Bertz CT molecular complexity index is 76.1. The predicted molar refractivity (Wildman–Crippen MR) is 23.9 cm³/mol. The molecule has 0 aliphatic carbocycles. The Labute approximate surface area is 36.4 Å². The van der Waals surface area contributed by atoms with Gasteiger partial charge < -0.3 is 5.32 Å². The lowest BCUT2D eigenvalue weighted by Gasteiger charge is -1.83. The second-order valence-electron chi connectivity index (χ2n) is 1.07. The summed E-state index contributed by atoms with van der Waals surface area (Å²) in [7, 11) is 0. The van der Waals surface area contributed by atoms with Gasteiger partial charge in [-0.3, -0.25) is 5.43 Å². The van der Waals surface area contributed by atoms with E-state index in [0.717, 1.165) is 12.5 Å². The first-order chi connectivity index (χ1) is 2.89. The lowest BCUT2D eigenvalue weighted by atomic mass is 10.7. The number of hydrogen-bond acceptors (Lipinski definition) is 3. The maximum absolute atomic E-state index is 3.68. The van der Waals surface area contributed by atoms with E-state index in [0.29, 0.717) is 0 Å². The number of nitrogens with zero attached hydrogens (tertiary/aromatic N) is 1. The Kier molecular flexibility index (Phi) is 0.670. The minimum Gasteiger partial charge on any atom is -0.354 e. The quantitative estimate of drug-likeness (QED) is 0.406. The second-order valence-corrected chi connectivity index (χ2v) is 1.07. The monoisotopic (exact) mass is 84.1 g/mol. The minimum absolute atomic E-state index is 0.718. The van der Waals surface area contributed by atoms with E-state index in [-0.39, 0.29) is 0 Å². The van der Waals surface area contributed by atoms with Gasteiger partial charge in [0.2, 0.25) is 0 Å². The molecule has 1 heterocycles. The van der Waals surface area contributed by atoms with Gasteiger partial charge in [0.15, 0.2) is 0 Å². The molecule has 1 aliphatic rings. The number of amidine groups is 1. The molecule has 2 N–H and O–H groups in total. The van der Waals surface area contributed by atoms with E-state index in [2.05, 4.69) is 22.8 Å². The molecule has 3 heteroatoms. The highest BCUT2D eigenvalue weighted by Gasteiger charge is 1.92. The minimum atomic E-state index is 0.718. The number of hydrazone groups is 1. The summed E-state index contributed by atoms with van der Waals surface area (Å²) in [4.78, 5) is 0.